The van der Waals surface area contributed by atoms with Crippen LogP contribution in [-0.4, -0.2) is 31.9 Å². The number of carbonyl (C=O) groups excluding carboxylic acids is 1. The van der Waals surface area contributed by atoms with E-state index in [1.54, 1.807) is 31.2 Å². The highest BCUT2D eigenvalue weighted by Crippen LogP contribution is 2.09. The van der Waals surface area contributed by atoms with Crippen LogP contribution in [0, 0.1) is 6.92 Å². The Hall–Kier alpha value is -2.55. The lowest BCUT2D eigenvalue weighted by atomic mass is 10.3. The number of amides is 2. The molecule has 1 aromatic carbocycles. The van der Waals surface area contributed by atoms with Gasteiger partial charge < -0.3 is 15.2 Å². The molecule has 0 aliphatic rings. The SMILES string of the molecule is Cc1cc(NS(=O)(=O)CCNC(=O)Nc2ccccc2)no1. The molecule has 0 unspecified atom stereocenters. The van der Waals surface area contributed by atoms with E-state index in [0.29, 0.717) is 11.4 Å². The van der Waals surface area contributed by atoms with Crippen LogP contribution < -0.4 is 15.4 Å². The van der Waals surface area contributed by atoms with Crippen LogP contribution in [-0.2, 0) is 10.0 Å². The first-order valence-electron chi connectivity index (χ1n) is 6.48. The minimum atomic E-state index is -3.60. The smallest absolute Gasteiger partial charge is 0.319 e. The van der Waals surface area contributed by atoms with E-state index in [9.17, 15) is 13.2 Å². The van der Waals surface area contributed by atoms with Gasteiger partial charge in [0.05, 0.1) is 5.75 Å². The summed E-state index contributed by atoms with van der Waals surface area (Å²) in [5, 5.41) is 8.59. The summed E-state index contributed by atoms with van der Waals surface area (Å²) in [6.07, 6.45) is 0. The molecule has 2 amide bonds. The Labute approximate surface area is 127 Å². The zero-order chi connectivity index (χ0) is 16.0. The van der Waals surface area contributed by atoms with E-state index in [1.165, 1.54) is 6.07 Å². The lowest BCUT2D eigenvalue weighted by molar-refractivity contribution is 0.252. The summed E-state index contributed by atoms with van der Waals surface area (Å²) in [6, 6.07) is 9.84. The van der Waals surface area contributed by atoms with Gasteiger partial charge in [0.2, 0.25) is 10.0 Å². The summed E-state index contributed by atoms with van der Waals surface area (Å²) in [4.78, 5) is 11.6. The number of benzene rings is 1. The minimum absolute atomic E-state index is 0.0369. The van der Waals surface area contributed by atoms with Crippen molar-refractivity contribution in [3.8, 4) is 0 Å². The van der Waals surface area contributed by atoms with Crippen LogP contribution in [0.5, 0.6) is 0 Å². The molecule has 118 valence electrons. The molecule has 0 aliphatic carbocycles. The number of hydrogen-bond acceptors (Lipinski definition) is 5. The maximum absolute atomic E-state index is 11.8. The molecule has 0 spiro atoms. The van der Waals surface area contributed by atoms with Gasteiger partial charge in [0.25, 0.3) is 0 Å². The predicted octanol–water partition coefficient (Wildman–Crippen LogP) is 1.55. The highest BCUT2D eigenvalue weighted by molar-refractivity contribution is 7.92. The second-order valence-electron chi connectivity index (χ2n) is 4.49. The van der Waals surface area contributed by atoms with Crippen molar-refractivity contribution in [1.82, 2.24) is 10.5 Å². The van der Waals surface area contributed by atoms with Gasteiger partial charge >= 0.3 is 6.03 Å². The summed E-state index contributed by atoms with van der Waals surface area (Å²) in [5.41, 5.74) is 0.624. The molecule has 2 aromatic rings. The normalized spacial score (nSPS) is 11.0. The molecular weight excluding hydrogens is 308 g/mol. The molecule has 1 heterocycles. The van der Waals surface area contributed by atoms with Gasteiger partial charge in [0, 0.05) is 18.3 Å². The Morgan fingerprint density at radius 3 is 2.64 bits per heavy atom. The third kappa shape index (κ3) is 5.09. The molecule has 9 heteroatoms. The monoisotopic (exact) mass is 324 g/mol. The standard InChI is InChI=1S/C13H16N4O4S/c1-10-9-12(16-21-10)17-22(19,20)8-7-14-13(18)15-11-5-3-2-4-6-11/h2-6,9H,7-8H2,1H3,(H,16,17)(H2,14,15,18). The molecule has 0 saturated heterocycles. The Balaban J connectivity index is 1.76. The fourth-order valence-electron chi connectivity index (χ4n) is 1.62. The molecule has 1 aromatic heterocycles. The highest BCUT2D eigenvalue weighted by Gasteiger charge is 2.13. The molecular formula is C13H16N4O4S. The molecule has 0 aliphatic heterocycles. The van der Waals surface area contributed by atoms with Crippen LogP contribution in [0.3, 0.4) is 0 Å². The van der Waals surface area contributed by atoms with E-state index in [1.807, 2.05) is 6.07 Å². The first kappa shape index (κ1) is 15.8. The fraction of sp³-hybridized carbons (Fsp3) is 0.231. The maximum Gasteiger partial charge on any atom is 0.319 e. The van der Waals surface area contributed by atoms with Gasteiger partial charge in [-0.05, 0) is 19.1 Å². The molecule has 0 bridgehead atoms. The number of urea groups is 1. The van der Waals surface area contributed by atoms with E-state index >= 15 is 0 Å². The van der Waals surface area contributed by atoms with Gasteiger partial charge in [-0.2, -0.15) is 0 Å². The van der Waals surface area contributed by atoms with Crippen molar-refractivity contribution < 1.29 is 17.7 Å². The van der Waals surface area contributed by atoms with Crippen molar-refractivity contribution in [3.05, 3.63) is 42.2 Å². The number of carbonyl (C=O) groups is 1. The number of hydrogen-bond donors (Lipinski definition) is 3. The lowest BCUT2D eigenvalue weighted by Crippen LogP contribution is -2.34. The average molecular weight is 324 g/mol. The van der Waals surface area contributed by atoms with Gasteiger partial charge in [0.1, 0.15) is 5.76 Å². The minimum Gasteiger partial charge on any atom is -0.360 e. The fourth-order valence-corrected chi connectivity index (χ4v) is 2.51. The summed E-state index contributed by atoms with van der Waals surface area (Å²) in [6.45, 7) is 1.62. The number of aryl methyl sites for hydroxylation is 1. The molecule has 0 atom stereocenters. The number of para-hydroxylation sites is 1. The van der Waals surface area contributed by atoms with Gasteiger partial charge in [-0.1, -0.05) is 23.4 Å². The molecule has 8 nitrogen and oxygen atoms in total. The van der Waals surface area contributed by atoms with E-state index in [-0.39, 0.29) is 18.1 Å². The second kappa shape index (κ2) is 6.94. The van der Waals surface area contributed by atoms with Crippen LogP contribution >= 0.6 is 0 Å². The average Bonchev–Trinajstić information content (AvgIpc) is 2.84. The number of rotatable bonds is 6. The topological polar surface area (TPSA) is 113 Å². The Bertz CT molecular complexity index is 728. The maximum atomic E-state index is 11.8. The third-order valence-electron chi connectivity index (χ3n) is 2.58. The van der Waals surface area contributed by atoms with Gasteiger partial charge in [-0.25, -0.2) is 13.2 Å². The van der Waals surface area contributed by atoms with Crippen molar-refractivity contribution in [1.29, 1.82) is 0 Å². The van der Waals surface area contributed by atoms with Gasteiger partial charge in [-0.15, -0.1) is 0 Å². The van der Waals surface area contributed by atoms with E-state index in [0.717, 1.165) is 0 Å². The molecule has 2 rings (SSSR count). The Kier molecular flexibility index (Phi) is 4.99. The highest BCUT2D eigenvalue weighted by atomic mass is 32.2. The van der Waals surface area contributed by atoms with Crippen LogP contribution in [0.2, 0.25) is 0 Å². The number of aromatic nitrogens is 1. The van der Waals surface area contributed by atoms with Crippen molar-refractivity contribution in [2.45, 2.75) is 6.92 Å². The zero-order valence-corrected chi connectivity index (χ0v) is 12.7. The number of nitrogens with one attached hydrogen (secondary N) is 3. The van der Waals surface area contributed by atoms with Crippen molar-refractivity contribution in [2.24, 2.45) is 0 Å². The van der Waals surface area contributed by atoms with Crippen molar-refractivity contribution >= 4 is 27.6 Å². The third-order valence-corrected chi connectivity index (χ3v) is 3.84. The molecule has 0 fully saturated rings. The Morgan fingerprint density at radius 1 is 1.27 bits per heavy atom. The van der Waals surface area contributed by atoms with Crippen LogP contribution in [0.4, 0.5) is 16.3 Å². The summed E-state index contributed by atoms with van der Waals surface area (Å²) in [5.74, 6) is 0.338. The largest absolute Gasteiger partial charge is 0.360 e. The predicted molar refractivity (Wildman–Crippen MR) is 82.1 cm³/mol. The van der Waals surface area contributed by atoms with E-state index < -0.39 is 16.1 Å². The first-order valence-corrected chi connectivity index (χ1v) is 8.13. The van der Waals surface area contributed by atoms with Crippen molar-refractivity contribution in [3.63, 3.8) is 0 Å². The number of sulfonamides is 1. The molecule has 0 saturated carbocycles. The quantitative estimate of drug-likeness (QED) is 0.746. The van der Waals surface area contributed by atoms with Crippen LogP contribution in [0.15, 0.2) is 40.9 Å². The Morgan fingerprint density at radius 2 is 2.00 bits per heavy atom. The molecule has 3 N–H and O–H groups in total. The molecule has 22 heavy (non-hydrogen) atoms. The van der Waals surface area contributed by atoms with Crippen LogP contribution in [0.25, 0.3) is 0 Å². The molecule has 0 radical (unpaired) electrons. The second-order valence-corrected chi connectivity index (χ2v) is 6.33. The van der Waals surface area contributed by atoms with Gasteiger partial charge in [0.15, 0.2) is 5.82 Å². The van der Waals surface area contributed by atoms with Crippen LogP contribution in [0.1, 0.15) is 5.76 Å². The first-order chi connectivity index (χ1) is 10.4. The summed E-state index contributed by atoms with van der Waals surface area (Å²) < 4.78 is 30.6. The number of anilines is 2. The zero-order valence-electron chi connectivity index (χ0n) is 11.9. The summed E-state index contributed by atoms with van der Waals surface area (Å²) >= 11 is 0. The van der Waals surface area contributed by atoms with Gasteiger partial charge in [-0.3, -0.25) is 4.72 Å². The van der Waals surface area contributed by atoms with E-state index in [2.05, 4.69) is 20.5 Å². The van der Waals surface area contributed by atoms with E-state index in [4.69, 9.17) is 4.52 Å². The lowest BCUT2D eigenvalue weighted by Gasteiger charge is -2.08. The summed E-state index contributed by atoms with van der Waals surface area (Å²) in [7, 11) is -3.60. The number of nitrogens with zero attached hydrogens (tertiary/aromatic N) is 1. The van der Waals surface area contributed by atoms with Crippen molar-refractivity contribution in [2.75, 3.05) is 22.3 Å².